The molecule has 0 bridgehead atoms. The van der Waals surface area contributed by atoms with Crippen LogP contribution in [0.3, 0.4) is 0 Å². The highest BCUT2D eigenvalue weighted by molar-refractivity contribution is 5.67. The number of benzene rings is 1. The van der Waals surface area contributed by atoms with Crippen LogP contribution in [0, 0.1) is 11.3 Å². The van der Waals surface area contributed by atoms with E-state index in [1.807, 2.05) is 36.9 Å². The smallest absolute Gasteiger partial charge is 0.257 e. The van der Waals surface area contributed by atoms with Crippen LogP contribution in [0.2, 0.25) is 0 Å². The first kappa shape index (κ1) is 33.3. The Bertz CT molecular complexity index is 1620. The maximum absolute atomic E-state index is 9.68. The molecule has 6 rings (SSSR count). The van der Waals surface area contributed by atoms with Crippen molar-refractivity contribution in [2.75, 3.05) is 45.3 Å². The van der Waals surface area contributed by atoms with Crippen molar-refractivity contribution in [2.24, 2.45) is 0 Å². The molecule has 0 spiro atoms. The number of rotatable bonds is 14. The minimum Gasteiger partial charge on any atom is -0.487 e. The molecule has 3 aromatic heterocycles. The Balaban J connectivity index is 1.15. The largest absolute Gasteiger partial charge is 0.487 e. The predicted molar refractivity (Wildman–Crippen MR) is 178 cm³/mol. The van der Waals surface area contributed by atoms with E-state index in [0.29, 0.717) is 48.4 Å². The van der Waals surface area contributed by atoms with E-state index in [1.165, 1.54) is 6.33 Å². The van der Waals surface area contributed by atoms with Gasteiger partial charge in [0.25, 0.3) is 5.88 Å². The molecule has 4 aromatic rings. The van der Waals surface area contributed by atoms with Gasteiger partial charge in [-0.1, -0.05) is 6.07 Å². The summed E-state index contributed by atoms with van der Waals surface area (Å²) in [6.07, 6.45) is 13.5. The van der Waals surface area contributed by atoms with Crippen LogP contribution in [0.15, 0.2) is 49.4 Å². The Morgan fingerprint density at radius 2 is 1.79 bits per heavy atom. The Kier molecular flexibility index (Phi) is 11.1. The average molecular weight is 657 g/mol. The Morgan fingerprint density at radius 1 is 1.02 bits per heavy atom. The Labute approximate surface area is 281 Å². The van der Waals surface area contributed by atoms with Gasteiger partial charge in [0, 0.05) is 57.2 Å². The van der Waals surface area contributed by atoms with Crippen LogP contribution in [0.1, 0.15) is 57.6 Å². The SMILES string of the molecule is COCC[C@H](C)Oc1nn([C@H]2CC[C@H](N3CCOCC3)CC2)cc1Nc1ncc(-c2ccc(C#N)c(O[C@@H](C)Cn3cncn3)c2)cn1. The number of aromatic nitrogens is 7. The predicted octanol–water partition coefficient (Wildman–Crippen LogP) is 4.63. The average Bonchev–Trinajstić information content (AvgIpc) is 3.78. The van der Waals surface area contributed by atoms with E-state index >= 15 is 0 Å². The molecule has 1 aliphatic carbocycles. The maximum atomic E-state index is 9.68. The lowest BCUT2D eigenvalue weighted by Crippen LogP contribution is -2.45. The van der Waals surface area contributed by atoms with Gasteiger partial charge in [-0.25, -0.2) is 19.6 Å². The van der Waals surface area contributed by atoms with Gasteiger partial charge < -0.3 is 24.3 Å². The first-order valence-electron chi connectivity index (χ1n) is 16.7. The number of morpholine rings is 1. The van der Waals surface area contributed by atoms with Gasteiger partial charge in [0.15, 0.2) is 0 Å². The molecule has 2 aliphatic rings. The zero-order valence-corrected chi connectivity index (χ0v) is 27.9. The van der Waals surface area contributed by atoms with Crippen LogP contribution >= 0.6 is 0 Å². The zero-order chi connectivity index (χ0) is 33.3. The Morgan fingerprint density at radius 3 is 2.50 bits per heavy atom. The van der Waals surface area contributed by atoms with Crippen molar-refractivity contribution in [3.8, 4) is 28.8 Å². The van der Waals surface area contributed by atoms with E-state index < -0.39 is 0 Å². The number of nitrogens with zero attached hydrogens (tertiary/aromatic N) is 9. The molecule has 254 valence electrons. The number of hydrogen-bond acceptors (Lipinski definition) is 12. The van der Waals surface area contributed by atoms with Gasteiger partial charge in [-0.3, -0.25) is 9.58 Å². The van der Waals surface area contributed by atoms with Crippen molar-refractivity contribution in [3.05, 3.63) is 55.0 Å². The molecule has 1 aliphatic heterocycles. The van der Waals surface area contributed by atoms with Crippen LogP contribution < -0.4 is 14.8 Å². The molecule has 1 saturated carbocycles. The van der Waals surface area contributed by atoms with Crippen molar-refractivity contribution in [1.82, 2.24) is 39.4 Å². The number of ether oxygens (including phenoxy) is 4. The molecule has 2 atom stereocenters. The van der Waals surface area contributed by atoms with Gasteiger partial charge in [0.05, 0.1) is 43.7 Å². The van der Waals surface area contributed by atoms with E-state index in [4.69, 9.17) is 24.0 Å². The summed E-state index contributed by atoms with van der Waals surface area (Å²) in [5.74, 6) is 1.44. The quantitative estimate of drug-likeness (QED) is 0.202. The monoisotopic (exact) mass is 656 g/mol. The molecule has 0 amide bonds. The summed E-state index contributed by atoms with van der Waals surface area (Å²) in [5, 5.41) is 22.1. The summed E-state index contributed by atoms with van der Waals surface area (Å²) in [7, 11) is 1.69. The van der Waals surface area contributed by atoms with E-state index in [2.05, 4.69) is 36.3 Å². The van der Waals surface area contributed by atoms with Crippen molar-refractivity contribution in [2.45, 2.75) is 76.8 Å². The molecule has 14 heteroatoms. The molecule has 1 aromatic carbocycles. The third-order valence-corrected chi connectivity index (χ3v) is 8.91. The maximum Gasteiger partial charge on any atom is 0.257 e. The second-order valence-electron chi connectivity index (χ2n) is 12.4. The fourth-order valence-corrected chi connectivity index (χ4v) is 6.30. The third-order valence-electron chi connectivity index (χ3n) is 8.91. The summed E-state index contributed by atoms with van der Waals surface area (Å²) in [5.41, 5.74) is 2.79. The lowest BCUT2D eigenvalue weighted by atomic mass is 9.90. The molecule has 4 heterocycles. The fourth-order valence-electron chi connectivity index (χ4n) is 6.30. The summed E-state index contributed by atoms with van der Waals surface area (Å²) in [4.78, 5) is 15.8. The number of nitrogens with one attached hydrogen (secondary N) is 1. The fraction of sp³-hybridized carbons (Fsp3) is 0.529. The van der Waals surface area contributed by atoms with Gasteiger partial charge >= 0.3 is 0 Å². The molecule has 48 heavy (non-hydrogen) atoms. The lowest BCUT2D eigenvalue weighted by molar-refractivity contribution is 0.00500. The number of methoxy groups -OCH3 is 1. The van der Waals surface area contributed by atoms with Crippen LogP contribution in [-0.4, -0.2) is 97.7 Å². The molecule has 1 N–H and O–H groups in total. The van der Waals surface area contributed by atoms with Crippen molar-refractivity contribution in [1.29, 1.82) is 5.26 Å². The summed E-state index contributed by atoms with van der Waals surface area (Å²) in [6.45, 7) is 8.74. The topological polar surface area (TPSA) is 150 Å². The molecular formula is C34H44N10O4. The normalized spacial score (nSPS) is 19.7. The standard InChI is InChI=1S/C34H44N10O4/c1-24(10-13-45-3)48-33-31(21-44(41-33)30-8-6-29(7-9-30)42-11-14-46-15-12-42)40-34-37-18-28(19-38-34)26-4-5-27(17-35)32(16-26)47-25(2)20-43-23-36-22-39-43/h4-5,16,18-19,21-25,29-30H,6-15,20H2,1-3H3,(H,37,38,40)/t24-,25-,29-,30-/m0/s1. The summed E-state index contributed by atoms with van der Waals surface area (Å²) in [6, 6.07) is 8.57. The van der Waals surface area contributed by atoms with E-state index in [-0.39, 0.29) is 12.2 Å². The summed E-state index contributed by atoms with van der Waals surface area (Å²) < 4.78 is 27.0. The highest BCUT2D eigenvalue weighted by atomic mass is 16.5. The minimum absolute atomic E-state index is 0.0825. The van der Waals surface area contributed by atoms with Crippen molar-refractivity contribution >= 4 is 11.6 Å². The van der Waals surface area contributed by atoms with Crippen molar-refractivity contribution in [3.63, 3.8) is 0 Å². The van der Waals surface area contributed by atoms with Crippen LogP contribution in [-0.2, 0) is 16.0 Å². The molecule has 0 radical (unpaired) electrons. The van der Waals surface area contributed by atoms with Gasteiger partial charge in [0.1, 0.15) is 36.3 Å². The third kappa shape index (κ3) is 8.46. The summed E-state index contributed by atoms with van der Waals surface area (Å²) >= 11 is 0. The molecule has 2 fully saturated rings. The first-order valence-corrected chi connectivity index (χ1v) is 16.7. The van der Waals surface area contributed by atoms with E-state index in [9.17, 15) is 5.26 Å². The number of nitriles is 1. The van der Waals surface area contributed by atoms with E-state index in [1.54, 1.807) is 36.6 Å². The van der Waals surface area contributed by atoms with Crippen LogP contribution in [0.5, 0.6) is 11.6 Å². The second kappa shape index (κ2) is 16.0. The zero-order valence-electron chi connectivity index (χ0n) is 27.9. The molecule has 1 saturated heterocycles. The lowest BCUT2D eigenvalue weighted by Gasteiger charge is -2.38. The molecular weight excluding hydrogens is 612 g/mol. The minimum atomic E-state index is -0.230. The van der Waals surface area contributed by atoms with Crippen LogP contribution in [0.4, 0.5) is 11.6 Å². The highest BCUT2D eigenvalue weighted by Crippen LogP contribution is 2.35. The number of anilines is 2. The second-order valence-corrected chi connectivity index (χ2v) is 12.4. The van der Waals surface area contributed by atoms with Gasteiger partial charge in [-0.15, -0.1) is 5.10 Å². The van der Waals surface area contributed by atoms with E-state index in [0.717, 1.165) is 75.2 Å². The van der Waals surface area contributed by atoms with Crippen LogP contribution in [0.25, 0.3) is 11.1 Å². The molecule has 14 nitrogen and oxygen atoms in total. The molecule has 0 unspecified atom stereocenters. The Hall–Kier alpha value is -4.58. The van der Waals surface area contributed by atoms with Gasteiger partial charge in [-0.2, -0.15) is 10.4 Å². The van der Waals surface area contributed by atoms with Gasteiger partial charge in [0.2, 0.25) is 5.95 Å². The van der Waals surface area contributed by atoms with Gasteiger partial charge in [-0.05, 0) is 57.2 Å². The first-order chi connectivity index (χ1) is 23.5. The van der Waals surface area contributed by atoms with Crippen molar-refractivity contribution < 1.29 is 18.9 Å². The number of hydrogen-bond donors (Lipinski definition) is 1. The highest BCUT2D eigenvalue weighted by Gasteiger charge is 2.29.